The van der Waals surface area contributed by atoms with Crippen molar-refractivity contribution in [2.75, 3.05) is 18.4 Å². The number of carbonyl (C=O) groups excluding carboxylic acids is 2. The van der Waals surface area contributed by atoms with E-state index in [2.05, 4.69) is 15.3 Å². The number of thiazole rings is 1. The van der Waals surface area contributed by atoms with Crippen molar-refractivity contribution in [2.24, 2.45) is 0 Å². The number of hydrogen-bond donors (Lipinski definition) is 2. The van der Waals surface area contributed by atoms with E-state index in [-0.39, 0.29) is 23.5 Å². The highest BCUT2D eigenvalue weighted by Crippen LogP contribution is 2.34. The Bertz CT molecular complexity index is 1500. The molecule has 10 heteroatoms. The Morgan fingerprint density at radius 2 is 1.89 bits per heavy atom. The second kappa shape index (κ2) is 10.6. The standard InChI is InChI=1S/C28H27ClN4O4S/c1-28(2,37-23-8-4-3-7-19(23)29)27(36)33-14-11-17(12-15-33)26-32-21(16-38-26)25(35)31-20-9-10-22(34)24-18(20)6-5-13-30-24/h3-10,13,16-17,34H,11-12,14-15H2,1-2H3,(H,31,35). The Morgan fingerprint density at radius 1 is 1.13 bits per heavy atom. The van der Waals surface area contributed by atoms with Crippen molar-refractivity contribution in [1.82, 2.24) is 14.9 Å². The Balaban J connectivity index is 1.20. The van der Waals surface area contributed by atoms with Crippen molar-refractivity contribution in [3.05, 3.63) is 75.8 Å². The van der Waals surface area contributed by atoms with Gasteiger partial charge in [0.25, 0.3) is 11.8 Å². The van der Waals surface area contributed by atoms with E-state index in [1.54, 1.807) is 55.8 Å². The monoisotopic (exact) mass is 550 g/mol. The molecular formula is C28H27ClN4O4S. The number of halogens is 1. The van der Waals surface area contributed by atoms with E-state index in [0.29, 0.717) is 46.1 Å². The quantitative estimate of drug-likeness (QED) is 0.291. The van der Waals surface area contributed by atoms with Gasteiger partial charge in [0.15, 0.2) is 5.60 Å². The van der Waals surface area contributed by atoms with Gasteiger partial charge in [-0.05, 0) is 63.1 Å². The normalized spacial score (nSPS) is 14.4. The summed E-state index contributed by atoms with van der Waals surface area (Å²) in [7, 11) is 0. The first-order valence-electron chi connectivity index (χ1n) is 12.3. The number of ether oxygens (including phenoxy) is 1. The lowest BCUT2D eigenvalue weighted by Crippen LogP contribution is -2.51. The molecule has 1 saturated heterocycles. The maximum Gasteiger partial charge on any atom is 0.275 e. The van der Waals surface area contributed by atoms with E-state index < -0.39 is 5.60 Å². The van der Waals surface area contributed by atoms with Crippen LogP contribution in [0.4, 0.5) is 5.69 Å². The molecule has 3 heterocycles. The zero-order valence-corrected chi connectivity index (χ0v) is 22.6. The molecule has 38 heavy (non-hydrogen) atoms. The third-order valence-corrected chi connectivity index (χ3v) is 7.92. The number of likely N-dealkylation sites (tertiary alicyclic amines) is 1. The van der Waals surface area contributed by atoms with Gasteiger partial charge in [0.1, 0.15) is 22.7 Å². The number of phenols is 1. The number of nitrogens with zero attached hydrogens (tertiary/aromatic N) is 3. The van der Waals surface area contributed by atoms with Crippen molar-refractivity contribution < 1.29 is 19.4 Å². The molecule has 2 N–H and O–H groups in total. The number of rotatable bonds is 6. The highest BCUT2D eigenvalue weighted by atomic mass is 35.5. The summed E-state index contributed by atoms with van der Waals surface area (Å²) in [6.07, 6.45) is 3.08. The lowest BCUT2D eigenvalue weighted by molar-refractivity contribution is -0.146. The molecule has 2 amide bonds. The first-order valence-corrected chi connectivity index (χ1v) is 13.5. The van der Waals surface area contributed by atoms with Crippen molar-refractivity contribution >= 4 is 51.3 Å². The van der Waals surface area contributed by atoms with Crippen molar-refractivity contribution in [3.63, 3.8) is 0 Å². The first-order chi connectivity index (χ1) is 18.2. The Labute approximate surface area is 229 Å². The average Bonchev–Trinajstić information content (AvgIpc) is 3.42. The van der Waals surface area contributed by atoms with Crippen LogP contribution in [-0.2, 0) is 4.79 Å². The Morgan fingerprint density at radius 3 is 2.66 bits per heavy atom. The maximum absolute atomic E-state index is 13.2. The molecule has 2 aromatic heterocycles. The van der Waals surface area contributed by atoms with Crippen LogP contribution in [0.1, 0.15) is 48.1 Å². The third-order valence-electron chi connectivity index (χ3n) is 6.60. The van der Waals surface area contributed by atoms with Crippen molar-refractivity contribution in [1.29, 1.82) is 0 Å². The first kappa shape index (κ1) is 25.9. The summed E-state index contributed by atoms with van der Waals surface area (Å²) in [5.41, 5.74) is 0.255. The zero-order valence-electron chi connectivity index (χ0n) is 21.0. The zero-order chi connectivity index (χ0) is 26.9. The average molecular weight is 551 g/mol. The molecule has 5 rings (SSSR count). The van der Waals surface area contributed by atoms with E-state index >= 15 is 0 Å². The van der Waals surface area contributed by atoms with Crippen LogP contribution in [0.25, 0.3) is 10.9 Å². The van der Waals surface area contributed by atoms with Crippen molar-refractivity contribution in [2.45, 2.75) is 38.2 Å². The molecule has 1 aliphatic heterocycles. The van der Waals surface area contributed by atoms with Crippen LogP contribution in [0.3, 0.4) is 0 Å². The highest BCUT2D eigenvalue weighted by molar-refractivity contribution is 7.10. The molecule has 1 fully saturated rings. The van der Waals surface area contributed by atoms with Gasteiger partial charge in [0.2, 0.25) is 0 Å². The lowest BCUT2D eigenvalue weighted by Gasteiger charge is -2.36. The van der Waals surface area contributed by atoms with Crippen molar-refractivity contribution in [3.8, 4) is 11.5 Å². The minimum absolute atomic E-state index is 0.0539. The number of aromatic nitrogens is 2. The van der Waals surface area contributed by atoms with Gasteiger partial charge in [-0.3, -0.25) is 14.6 Å². The van der Waals surface area contributed by atoms with Gasteiger partial charge in [0, 0.05) is 36.0 Å². The Kier molecular flexibility index (Phi) is 7.23. The predicted molar refractivity (Wildman–Crippen MR) is 148 cm³/mol. The number of fused-ring (bicyclic) bond motifs is 1. The summed E-state index contributed by atoms with van der Waals surface area (Å²) in [5, 5.41) is 16.7. The molecule has 0 unspecified atom stereocenters. The van der Waals surface area contributed by atoms with Crippen LogP contribution in [0.2, 0.25) is 5.02 Å². The number of hydrogen-bond acceptors (Lipinski definition) is 7. The van der Waals surface area contributed by atoms with Gasteiger partial charge in [-0.1, -0.05) is 23.7 Å². The molecular weight excluding hydrogens is 524 g/mol. The molecule has 4 aromatic rings. The molecule has 196 valence electrons. The smallest absolute Gasteiger partial charge is 0.275 e. The SMILES string of the molecule is CC(C)(Oc1ccccc1Cl)C(=O)N1CCC(c2nc(C(=O)Nc3ccc(O)c4ncccc34)cs2)CC1. The minimum Gasteiger partial charge on any atom is -0.506 e. The third kappa shape index (κ3) is 5.30. The van der Waals surface area contributed by atoms with E-state index in [4.69, 9.17) is 16.3 Å². The van der Waals surface area contributed by atoms with Crippen LogP contribution in [-0.4, -0.2) is 50.5 Å². The fourth-order valence-electron chi connectivity index (χ4n) is 4.59. The number of amides is 2. The van der Waals surface area contributed by atoms with Crippen LogP contribution < -0.4 is 10.1 Å². The van der Waals surface area contributed by atoms with Crippen LogP contribution in [0, 0.1) is 0 Å². The summed E-state index contributed by atoms with van der Waals surface area (Å²) in [5.74, 6) is 0.280. The van der Waals surface area contributed by atoms with Crippen LogP contribution in [0.15, 0.2) is 60.1 Å². The summed E-state index contributed by atoms with van der Waals surface area (Å²) >= 11 is 7.66. The number of para-hydroxylation sites is 1. The number of anilines is 1. The summed E-state index contributed by atoms with van der Waals surface area (Å²) < 4.78 is 5.98. The van der Waals surface area contributed by atoms with Gasteiger partial charge >= 0.3 is 0 Å². The second-order valence-electron chi connectivity index (χ2n) is 9.67. The molecule has 0 spiro atoms. The van der Waals surface area contributed by atoms with E-state index in [0.717, 1.165) is 17.8 Å². The van der Waals surface area contributed by atoms with Gasteiger partial charge in [-0.2, -0.15) is 0 Å². The maximum atomic E-state index is 13.2. The molecule has 8 nitrogen and oxygen atoms in total. The number of benzene rings is 2. The summed E-state index contributed by atoms with van der Waals surface area (Å²) in [4.78, 5) is 36.8. The van der Waals surface area contributed by atoms with E-state index in [9.17, 15) is 14.7 Å². The van der Waals surface area contributed by atoms with Gasteiger partial charge in [-0.25, -0.2) is 4.98 Å². The predicted octanol–water partition coefficient (Wildman–Crippen LogP) is 5.87. The Hall–Kier alpha value is -3.69. The highest BCUT2D eigenvalue weighted by Gasteiger charge is 2.37. The summed E-state index contributed by atoms with van der Waals surface area (Å²) in [6, 6.07) is 13.8. The topological polar surface area (TPSA) is 105 Å². The van der Waals surface area contributed by atoms with Crippen LogP contribution >= 0.6 is 22.9 Å². The van der Waals surface area contributed by atoms with Gasteiger partial charge in [0.05, 0.1) is 15.7 Å². The number of phenolic OH excluding ortho intramolecular Hbond substituents is 1. The molecule has 0 radical (unpaired) electrons. The minimum atomic E-state index is -1.06. The summed E-state index contributed by atoms with van der Waals surface area (Å²) in [6.45, 7) is 4.66. The molecule has 1 aliphatic rings. The molecule has 0 atom stereocenters. The number of piperidine rings is 1. The lowest BCUT2D eigenvalue weighted by atomic mass is 9.96. The second-order valence-corrected chi connectivity index (χ2v) is 11.0. The number of carbonyl (C=O) groups is 2. The molecule has 0 saturated carbocycles. The van der Waals surface area contributed by atoms with Crippen LogP contribution in [0.5, 0.6) is 11.5 Å². The van der Waals surface area contributed by atoms with Gasteiger partial charge in [-0.15, -0.1) is 11.3 Å². The van der Waals surface area contributed by atoms with Gasteiger partial charge < -0.3 is 20.1 Å². The molecule has 0 bridgehead atoms. The number of aromatic hydroxyl groups is 1. The van der Waals surface area contributed by atoms with E-state index in [1.807, 2.05) is 17.0 Å². The number of nitrogens with one attached hydrogen (secondary N) is 1. The fraction of sp³-hybridized carbons (Fsp3) is 0.286. The molecule has 0 aliphatic carbocycles. The fourth-order valence-corrected chi connectivity index (χ4v) is 5.73. The number of pyridine rings is 1. The van der Waals surface area contributed by atoms with E-state index in [1.165, 1.54) is 17.4 Å². The molecule has 2 aromatic carbocycles. The largest absolute Gasteiger partial charge is 0.506 e.